The molecule has 0 radical (unpaired) electrons. The van der Waals surface area contributed by atoms with Gasteiger partial charge in [-0.3, -0.25) is 0 Å². The molecule has 3 aromatic rings. The summed E-state index contributed by atoms with van der Waals surface area (Å²) in [6.45, 7) is 5.30. The van der Waals surface area contributed by atoms with Gasteiger partial charge in [0.25, 0.3) is 0 Å². The number of para-hydroxylation sites is 1. The lowest BCUT2D eigenvalue weighted by molar-refractivity contribution is 0.240. The topological polar surface area (TPSA) is 69.8 Å². The zero-order valence-corrected chi connectivity index (χ0v) is 14.7. The molecule has 0 fully saturated rings. The monoisotopic (exact) mass is 342 g/mol. The van der Waals surface area contributed by atoms with Crippen LogP contribution in [0.15, 0.2) is 36.5 Å². The van der Waals surface area contributed by atoms with Crippen LogP contribution >= 0.6 is 11.3 Å². The molecule has 2 aromatic heterocycles. The van der Waals surface area contributed by atoms with Gasteiger partial charge in [-0.05, 0) is 24.4 Å². The molecule has 1 aromatic carbocycles. The molecule has 0 aliphatic carbocycles. The van der Waals surface area contributed by atoms with Gasteiger partial charge in [0.15, 0.2) is 0 Å². The van der Waals surface area contributed by atoms with Gasteiger partial charge < -0.3 is 15.6 Å². The Labute approximate surface area is 145 Å². The molecule has 2 amide bonds. The number of nitrogens with zero attached hydrogens (tertiary/aromatic N) is 1. The molecule has 3 N–H and O–H groups in total. The van der Waals surface area contributed by atoms with Crippen molar-refractivity contribution in [1.82, 2.24) is 20.6 Å². The lowest BCUT2D eigenvalue weighted by atomic mass is 10.2. The first-order chi connectivity index (χ1) is 11.6. The van der Waals surface area contributed by atoms with Gasteiger partial charge >= 0.3 is 6.03 Å². The van der Waals surface area contributed by atoms with Crippen molar-refractivity contribution in [3.8, 4) is 0 Å². The quantitative estimate of drug-likeness (QED) is 0.641. The molecule has 5 nitrogen and oxygen atoms in total. The molecule has 0 spiro atoms. The number of carbonyl (C=O) groups is 1. The van der Waals surface area contributed by atoms with Crippen molar-refractivity contribution in [2.45, 2.75) is 26.2 Å². The highest BCUT2D eigenvalue weighted by Gasteiger charge is 2.11. The summed E-state index contributed by atoms with van der Waals surface area (Å²) >= 11 is 1.68. The van der Waals surface area contributed by atoms with Crippen LogP contribution in [0.4, 0.5) is 4.79 Å². The summed E-state index contributed by atoms with van der Waals surface area (Å²) in [5.74, 6) is 0.225. The van der Waals surface area contributed by atoms with E-state index in [1.807, 2.05) is 25.3 Å². The van der Waals surface area contributed by atoms with Gasteiger partial charge in [0, 0.05) is 47.7 Å². The van der Waals surface area contributed by atoms with Gasteiger partial charge in [-0.2, -0.15) is 0 Å². The van der Waals surface area contributed by atoms with Gasteiger partial charge in [-0.15, -0.1) is 11.3 Å². The van der Waals surface area contributed by atoms with Crippen molar-refractivity contribution in [3.63, 3.8) is 0 Å². The van der Waals surface area contributed by atoms with E-state index in [0.717, 1.165) is 22.6 Å². The summed E-state index contributed by atoms with van der Waals surface area (Å²) in [6, 6.07) is 10.2. The number of benzene rings is 1. The van der Waals surface area contributed by atoms with Gasteiger partial charge in [0.1, 0.15) is 0 Å². The van der Waals surface area contributed by atoms with E-state index >= 15 is 0 Å². The maximum atomic E-state index is 11.9. The molecular formula is C18H22N4OS. The Morgan fingerprint density at radius 1 is 1.33 bits per heavy atom. The summed E-state index contributed by atoms with van der Waals surface area (Å²) in [7, 11) is 0. The summed E-state index contributed by atoms with van der Waals surface area (Å²) in [5, 5.41) is 8.07. The highest BCUT2D eigenvalue weighted by atomic mass is 32.1. The second kappa shape index (κ2) is 7.49. The van der Waals surface area contributed by atoms with Crippen LogP contribution in [0.2, 0.25) is 0 Å². The van der Waals surface area contributed by atoms with Crippen LogP contribution < -0.4 is 10.6 Å². The molecule has 2 heterocycles. The number of hydrogen-bond donors (Lipinski definition) is 3. The average molecular weight is 342 g/mol. The molecule has 6 heteroatoms. The maximum Gasteiger partial charge on any atom is 0.314 e. The molecular weight excluding hydrogens is 320 g/mol. The van der Waals surface area contributed by atoms with Crippen LogP contribution in [0.1, 0.15) is 28.4 Å². The predicted octanol–water partition coefficient (Wildman–Crippen LogP) is 3.58. The average Bonchev–Trinajstić information content (AvgIpc) is 3.18. The van der Waals surface area contributed by atoms with E-state index < -0.39 is 0 Å². The van der Waals surface area contributed by atoms with Crippen molar-refractivity contribution < 1.29 is 4.79 Å². The fourth-order valence-electron chi connectivity index (χ4n) is 2.57. The molecule has 0 bridgehead atoms. The number of thiazole rings is 1. The second-order valence-corrected chi connectivity index (χ2v) is 7.25. The number of aromatic nitrogens is 2. The Hall–Kier alpha value is -2.34. The first-order valence-corrected chi connectivity index (χ1v) is 8.94. The third-order valence-corrected chi connectivity index (χ3v) is 5.04. The Morgan fingerprint density at radius 3 is 2.92 bits per heavy atom. The molecule has 0 saturated heterocycles. The smallest absolute Gasteiger partial charge is 0.314 e. The third-order valence-electron chi connectivity index (χ3n) is 3.90. The number of rotatable bonds is 6. The third kappa shape index (κ3) is 4.14. The second-order valence-electron chi connectivity index (χ2n) is 5.98. The minimum Gasteiger partial charge on any atom is -0.358 e. The zero-order valence-electron chi connectivity index (χ0n) is 13.9. The Bertz CT molecular complexity index is 790. The number of urea groups is 1. The van der Waals surface area contributed by atoms with E-state index in [-0.39, 0.29) is 11.9 Å². The van der Waals surface area contributed by atoms with Crippen LogP contribution in [0.25, 0.3) is 10.9 Å². The van der Waals surface area contributed by atoms with Gasteiger partial charge in [0.05, 0.1) is 5.01 Å². The van der Waals surface area contributed by atoms with E-state index in [1.54, 1.807) is 11.3 Å². The van der Waals surface area contributed by atoms with Gasteiger partial charge in [-0.1, -0.05) is 25.1 Å². The summed E-state index contributed by atoms with van der Waals surface area (Å²) in [4.78, 5) is 20.8. The largest absolute Gasteiger partial charge is 0.358 e. The minimum atomic E-state index is -0.133. The number of amides is 2. The fourth-order valence-corrected chi connectivity index (χ4v) is 3.40. The molecule has 24 heavy (non-hydrogen) atoms. The van der Waals surface area contributed by atoms with E-state index in [0.29, 0.717) is 13.1 Å². The maximum absolute atomic E-state index is 11.9. The van der Waals surface area contributed by atoms with Gasteiger partial charge in [-0.25, -0.2) is 9.78 Å². The van der Waals surface area contributed by atoms with Crippen LogP contribution in [-0.2, 0) is 6.42 Å². The van der Waals surface area contributed by atoms with E-state index in [1.165, 1.54) is 10.3 Å². The van der Waals surface area contributed by atoms with Crippen LogP contribution in [0, 0.1) is 6.92 Å². The molecule has 1 atom stereocenters. The number of nitrogens with one attached hydrogen (secondary N) is 3. The van der Waals surface area contributed by atoms with E-state index in [2.05, 4.69) is 45.7 Å². The predicted molar refractivity (Wildman–Crippen MR) is 98.7 cm³/mol. The summed E-state index contributed by atoms with van der Waals surface area (Å²) in [6.07, 6.45) is 2.65. The first-order valence-electron chi connectivity index (χ1n) is 8.12. The number of fused-ring (bicyclic) bond motifs is 1. The molecule has 126 valence electrons. The first kappa shape index (κ1) is 16.5. The Kier molecular flexibility index (Phi) is 5.15. The van der Waals surface area contributed by atoms with Crippen molar-refractivity contribution in [3.05, 3.63) is 52.1 Å². The Balaban J connectivity index is 1.40. The molecule has 0 aliphatic rings. The zero-order chi connectivity index (χ0) is 16.9. The number of hydrogen-bond acceptors (Lipinski definition) is 3. The lowest BCUT2D eigenvalue weighted by Gasteiger charge is -2.11. The molecule has 3 rings (SSSR count). The van der Waals surface area contributed by atoms with Gasteiger partial charge in [0.2, 0.25) is 0 Å². The van der Waals surface area contributed by atoms with Crippen molar-refractivity contribution in [2.75, 3.05) is 13.1 Å². The summed E-state index contributed by atoms with van der Waals surface area (Å²) < 4.78 is 0. The minimum absolute atomic E-state index is 0.133. The number of aromatic amines is 1. The van der Waals surface area contributed by atoms with Crippen molar-refractivity contribution in [2.24, 2.45) is 0 Å². The highest BCUT2D eigenvalue weighted by Crippen LogP contribution is 2.20. The van der Waals surface area contributed by atoms with Crippen molar-refractivity contribution >= 4 is 28.3 Å². The number of aryl methyl sites for hydroxylation is 1. The molecule has 0 aliphatic heterocycles. The fraction of sp³-hybridized carbons (Fsp3) is 0.333. The summed E-state index contributed by atoms with van der Waals surface area (Å²) in [5.41, 5.74) is 2.26. The highest BCUT2D eigenvalue weighted by molar-refractivity contribution is 7.11. The van der Waals surface area contributed by atoms with Crippen LogP contribution in [0.5, 0.6) is 0 Å². The molecule has 0 saturated carbocycles. The Morgan fingerprint density at radius 2 is 2.17 bits per heavy atom. The van der Waals surface area contributed by atoms with E-state index in [4.69, 9.17) is 0 Å². The van der Waals surface area contributed by atoms with Crippen molar-refractivity contribution in [1.29, 1.82) is 0 Å². The lowest BCUT2D eigenvalue weighted by Crippen LogP contribution is -2.38. The number of carbonyl (C=O) groups excluding carboxylic acids is 1. The SMILES string of the molecule is Cc1cnc([C@@H](C)CNC(=O)NCCc2cc3ccccc3[nH]2)s1. The van der Waals surface area contributed by atoms with E-state index in [9.17, 15) is 4.79 Å². The normalized spacial score (nSPS) is 12.2. The standard InChI is InChI=1S/C18H22N4OS/c1-12(17-20-11-13(2)24-17)10-21-18(23)19-8-7-15-9-14-5-3-4-6-16(14)22-15/h3-6,9,11-12,22H,7-8,10H2,1-2H3,(H2,19,21,23)/t12-/m0/s1. The number of H-pyrrole nitrogens is 1. The van der Waals surface area contributed by atoms with Crippen LogP contribution in [-0.4, -0.2) is 29.1 Å². The molecule has 0 unspecified atom stereocenters. The van der Waals surface area contributed by atoms with Crippen LogP contribution in [0.3, 0.4) is 0 Å².